The third-order valence-corrected chi connectivity index (χ3v) is 7.07. The number of rotatable bonds is 3. The third-order valence-electron chi connectivity index (χ3n) is 4.96. The summed E-state index contributed by atoms with van der Waals surface area (Å²) < 4.78 is 26.7. The minimum atomic E-state index is -3.52. The van der Waals surface area contributed by atoms with Crippen LogP contribution in [0.3, 0.4) is 0 Å². The lowest BCUT2D eigenvalue weighted by Gasteiger charge is -2.34. The van der Waals surface area contributed by atoms with E-state index in [4.69, 9.17) is 0 Å². The van der Waals surface area contributed by atoms with Gasteiger partial charge in [0.25, 0.3) is 5.56 Å². The highest BCUT2D eigenvalue weighted by Crippen LogP contribution is 2.55. The topological polar surface area (TPSA) is 107 Å². The van der Waals surface area contributed by atoms with Crippen molar-refractivity contribution in [2.24, 2.45) is 4.40 Å². The fourth-order valence-electron chi connectivity index (χ4n) is 3.54. The van der Waals surface area contributed by atoms with E-state index < -0.39 is 16.3 Å². The summed E-state index contributed by atoms with van der Waals surface area (Å²) in [7, 11) is -3.52. The van der Waals surface area contributed by atoms with Crippen molar-refractivity contribution < 1.29 is 14.2 Å². The van der Waals surface area contributed by atoms with Gasteiger partial charge in [-0.15, -0.1) is 15.7 Å². The lowest BCUT2D eigenvalue weighted by Crippen LogP contribution is -2.32. The standard InChI is InChI=1S/C21H17N3O4S2/c25-19-14-11-29-12-16(14)24(10-13-6-2-1-3-7-13)21(26)18(19)20-22-15-8-4-5-9-17(15)30(27,28)23-20/h1-9,11-12,25,27-28H,10H2,(H,22,23). The van der Waals surface area contributed by atoms with E-state index in [-0.39, 0.29) is 22.0 Å². The van der Waals surface area contributed by atoms with Crippen molar-refractivity contribution in [3.8, 4) is 5.75 Å². The lowest BCUT2D eigenvalue weighted by atomic mass is 10.1. The summed E-state index contributed by atoms with van der Waals surface area (Å²) in [6.45, 7) is 0.306. The number of thiophene rings is 1. The number of aromatic hydroxyl groups is 1. The van der Waals surface area contributed by atoms with Gasteiger partial charge in [0.1, 0.15) is 16.2 Å². The van der Waals surface area contributed by atoms with E-state index in [1.807, 2.05) is 35.7 Å². The average molecular weight is 440 g/mol. The van der Waals surface area contributed by atoms with Gasteiger partial charge < -0.3 is 15.0 Å². The normalized spacial score (nSPS) is 15.9. The zero-order valence-corrected chi connectivity index (χ0v) is 17.2. The van der Waals surface area contributed by atoms with Crippen molar-refractivity contribution >= 4 is 44.5 Å². The molecule has 1 aliphatic rings. The van der Waals surface area contributed by atoms with E-state index in [2.05, 4.69) is 9.71 Å². The molecule has 0 aliphatic carbocycles. The van der Waals surface area contributed by atoms with Crippen molar-refractivity contribution in [2.75, 3.05) is 5.32 Å². The second-order valence-corrected chi connectivity index (χ2v) is 9.25. The Labute approximate surface area is 177 Å². The second kappa shape index (κ2) is 6.99. The highest BCUT2D eigenvalue weighted by atomic mass is 32.3. The summed E-state index contributed by atoms with van der Waals surface area (Å²) in [4.78, 5) is 13.7. The highest BCUT2D eigenvalue weighted by molar-refractivity contribution is 8.23. The predicted molar refractivity (Wildman–Crippen MR) is 121 cm³/mol. The molecule has 0 saturated carbocycles. The zero-order chi connectivity index (χ0) is 20.9. The first-order valence-electron chi connectivity index (χ1n) is 9.06. The van der Waals surface area contributed by atoms with Crippen LogP contribution in [-0.4, -0.2) is 24.6 Å². The SMILES string of the molecule is O=c1c(C2=NS(O)(O)c3ccccc3N2)c(O)c2cscc2n1Cc1ccccc1. The Balaban J connectivity index is 1.73. The van der Waals surface area contributed by atoms with Gasteiger partial charge in [0.05, 0.1) is 23.1 Å². The van der Waals surface area contributed by atoms with Gasteiger partial charge in [0.15, 0.2) is 5.84 Å². The van der Waals surface area contributed by atoms with E-state index in [1.54, 1.807) is 34.2 Å². The van der Waals surface area contributed by atoms with Crippen LogP contribution < -0.4 is 10.9 Å². The van der Waals surface area contributed by atoms with Crippen molar-refractivity contribution in [1.29, 1.82) is 0 Å². The first kappa shape index (κ1) is 18.9. The molecule has 0 spiro atoms. The molecule has 5 rings (SSSR count). The van der Waals surface area contributed by atoms with Crippen LogP contribution in [0, 0.1) is 0 Å². The maximum absolute atomic E-state index is 13.5. The molecule has 152 valence electrons. The molecule has 30 heavy (non-hydrogen) atoms. The summed E-state index contributed by atoms with van der Waals surface area (Å²) in [5.74, 6) is -0.299. The average Bonchev–Trinajstić information content (AvgIpc) is 3.22. The van der Waals surface area contributed by atoms with Gasteiger partial charge in [-0.3, -0.25) is 13.9 Å². The number of para-hydroxylation sites is 1. The van der Waals surface area contributed by atoms with E-state index >= 15 is 0 Å². The largest absolute Gasteiger partial charge is 0.506 e. The van der Waals surface area contributed by atoms with Gasteiger partial charge in [0.2, 0.25) is 0 Å². The zero-order valence-electron chi connectivity index (χ0n) is 15.5. The minimum Gasteiger partial charge on any atom is -0.506 e. The Morgan fingerprint density at radius 1 is 1.03 bits per heavy atom. The Bertz CT molecular complexity index is 1360. The van der Waals surface area contributed by atoms with Gasteiger partial charge in [-0.05, 0) is 17.7 Å². The summed E-state index contributed by atoms with van der Waals surface area (Å²) in [6.07, 6.45) is 0. The number of nitrogens with zero attached hydrogens (tertiary/aromatic N) is 2. The minimum absolute atomic E-state index is 0.0638. The molecule has 0 amide bonds. The number of hydrogen-bond acceptors (Lipinski definition) is 7. The van der Waals surface area contributed by atoms with Crippen LogP contribution in [0.15, 0.2) is 79.4 Å². The fourth-order valence-corrected chi connectivity index (χ4v) is 5.52. The van der Waals surface area contributed by atoms with Crippen LogP contribution in [-0.2, 0) is 6.54 Å². The third kappa shape index (κ3) is 2.99. The maximum Gasteiger partial charge on any atom is 0.266 e. The number of aromatic nitrogens is 1. The summed E-state index contributed by atoms with van der Waals surface area (Å²) in [5, 5.41) is 17.9. The van der Waals surface area contributed by atoms with Crippen LogP contribution in [0.4, 0.5) is 5.69 Å². The Morgan fingerprint density at radius 3 is 2.57 bits per heavy atom. The Hall–Kier alpha value is -3.11. The smallest absolute Gasteiger partial charge is 0.266 e. The molecule has 4 aromatic rings. The monoisotopic (exact) mass is 439 g/mol. The summed E-state index contributed by atoms with van der Waals surface area (Å²) in [6, 6.07) is 16.2. The molecule has 0 unspecified atom stereocenters. The molecule has 0 bridgehead atoms. The molecule has 2 aromatic heterocycles. The molecule has 0 fully saturated rings. The molecular formula is C21H17N3O4S2. The molecular weight excluding hydrogens is 422 g/mol. The van der Waals surface area contributed by atoms with Gasteiger partial charge in [-0.25, -0.2) is 0 Å². The lowest BCUT2D eigenvalue weighted by molar-refractivity contribution is 0.477. The first-order valence-corrected chi connectivity index (χ1v) is 11.5. The first-order chi connectivity index (χ1) is 14.5. The Morgan fingerprint density at radius 2 is 1.77 bits per heavy atom. The molecule has 0 atom stereocenters. The maximum atomic E-state index is 13.5. The van der Waals surface area contributed by atoms with E-state index in [1.165, 1.54) is 11.3 Å². The molecule has 9 heteroatoms. The van der Waals surface area contributed by atoms with Crippen molar-refractivity contribution in [3.63, 3.8) is 0 Å². The molecule has 4 N–H and O–H groups in total. The van der Waals surface area contributed by atoms with Crippen LogP contribution in [0.25, 0.3) is 10.9 Å². The number of anilines is 1. The molecule has 1 aliphatic heterocycles. The quantitative estimate of drug-likeness (QED) is 0.370. The van der Waals surface area contributed by atoms with Crippen LogP contribution in [0.5, 0.6) is 5.75 Å². The van der Waals surface area contributed by atoms with Gasteiger partial charge in [-0.1, -0.05) is 53.2 Å². The van der Waals surface area contributed by atoms with Gasteiger partial charge in [-0.2, -0.15) is 0 Å². The van der Waals surface area contributed by atoms with Crippen molar-refractivity contribution in [3.05, 3.63) is 86.8 Å². The fraction of sp³-hybridized carbons (Fsp3) is 0.0476. The van der Waals surface area contributed by atoms with Crippen LogP contribution in [0.2, 0.25) is 0 Å². The van der Waals surface area contributed by atoms with E-state index in [9.17, 15) is 19.0 Å². The number of fused-ring (bicyclic) bond motifs is 2. The van der Waals surface area contributed by atoms with Crippen molar-refractivity contribution in [2.45, 2.75) is 11.4 Å². The molecule has 0 radical (unpaired) electrons. The van der Waals surface area contributed by atoms with Crippen LogP contribution in [0.1, 0.15) is 11.1 Å². The van der Waals surface area contributed by atoms with Gasteiger partial charge >= 0.3 is 0 Å². The number of pyridine rings is 1. The highest BCUT2D eigenvalue weighted by Gasteiger charge is 2.30. The Kier molecular flexibility index (Phi) is 4.40. The number of benzene rings is 2. The number of nitrogens with one attached hydrogen (secondary N) is 1. The van der Waals surface area contributed by atoms with Crippen LogP contribution >= 0.6 is 22.1 Å². The van der Waals surface area contributed by atoms with Crippen molar-refractivity contribution in [1.82, 2.24) is 4.57 Å². The predicted octanol–water partition coefficient (Wildman–Crippen LogP) is 4.71. The molecule has 2 aromatic carbocycles. The molecule has 0 saturated heterocycles. The summed E-state index contributed by atoms with van der Waals surface area (Å²) in [5.41, 5.74) is 1.41. The van der Waals surface area contributed by atoms with Gasteiger partial charge in [0, 0.05) is 10.8 Å². The molecule has 3 heterocycles. The van der Waals surface area contributed by atoms with E-state index in [0.29, 0.717) is 23.1 Å². The number of amidine groups is 1. The molecule has 7 nitrogen and oxygen atoms in total. The number of hydrogen-bond donors (Lipinski definition) is 4. The summed E-state index contributed by atoms with van der Waals surface area (Å²) >= 11 is 1.37. The van der Waals surface area contributed by atoms with E-state index in [0.717, 1.165) is 5.56 Å². The second-order valence-electron chi connectivity index (χ2n) is 6.85.